The molecule has 1 rings (SSSR count). The Labute approximate surface area is 187 Å². The summed E-state index contributed by atoms with van der Waals surface area (Å²) in [5, 5.41) is 6.34. The van der Waals surface area contributed by atoms with Gasteiger partial charge in [0.2, 0.25) is 10.0 Å². The molecule has 162 valence electrons. The van der Waals surface area contributed by atoms with E-state index in [1.54, 1.807) is 31.3 Å². The number of aryl methyl sites for hydroxylation is 1. The average Bonchev–Trinajstić information content (AvgIpc) is 2.63. The summed E-state index contributed by atoms with van der Waals surface area (Å²) >= 11 is 0. The van der Waals surface area contributed by atoms with Crippen molar-refractivity contribution in [1.29, 1.82) is 0 Å². The summed E-state index contributed by atoms with van der Waals surface area (Å²) in [6.45, 7) is 10.4. The minimum Gasteiger partial charge on any atom is -0.378 e. The molecule has 1 aromatic carbocycles. The molecule has 1 unspecified atom stereocenters. The van der Waals surface area contributed by atoms with Gasteiger partial charge in [-0.25, -0.2) is 13.1 Å². The molecule has 0 heterocycles. The van der Waals surface area contributed by atoms with E-state index in [1.165, 1.54) is 0 Å². The highest BCUT2D eigenvalue weighted by Crippen LogP contribution is 2.10. The quantitative estimate of drug-likeness (QED) is 0.179. The van der Waals surface area contributed by atoms with Crippen LogP contribution in [0.15, 0.2) is 34.2 Å². The van der Waals surface area contributed by atoms with Crippen LogP contribution in [0.25, 0.3) is 0 Å². The molecule has 9 heteroatoms. The lowest BCUT2D eigenvalue weighted by Gasteiger charge is -2.21. The number of benzene rings is 1. The summed E-state index contributed by atoms with van der Waals surface area (Å²) in [6.07, 6.45) is 1.09. The zero-order valence-electron chi connectivity index (χ0n) is 17.5. The smallest absolute Gasteiger partial charge is 0.240 e. The molecular weight excluding hydrogens is 491 g/mol. The van der Waals surface area contributed by atoms with Crippen LogP contribution >= 0.6 is 24.0 Å². The van der Waals surface area contributed by atoms with E-state index in [4.69, 9.17) is 4.74 Å². The van der Waals surface area contributed by atoms with Gasteiger partial charge in [0, 0.05) is 33.3 Å². The first-order chi connectivity index (χ1) is 12.8. The summed E-state index contributed by atoms with van der Waals surface area (Å²) in [7, 11) is -1.80. The van der Waals surface area contributed by atoms with Gasteiger partial charge >= 0.3 is 0 Å². The van der Waals surface area contributed by atoms with Gasteiger partial charge in [0.05, 0.1) is 11.0 Å². The Morgan fingerprint density at radius 3 is 2.25 bits per heavy atom. The van der Waals surface area contributed by atoms with Gasteiger partial charge in [0.15, 0.2) is 5.96 Å². The van der Waals surface area contributed by atoms with Crippen LogP contribution in [0.3, 0.4) is 0 Å². The molecule has 0 aromatic heterocycles. The maximum absolute atomic E-state index is 12.2. The number of hydrogen-bond acceptors (Lipinski definition) is 4. The van der Waals surface area contributed by atoms with E-state index in [-0.39, 0.29) is 41.5 Å². The van der Waals surface area contributed by atoms with Crippen LogP contribution in [0.4, 0.5) is 0 Å². The van der Waals surface area contributed by atoms with Crippen molar-refractivity contribution in [3.63, 3.8) is 0 Å². The van der Waals surface area contributed by atoms with E-state index in [0.717, 1.165) is 18.5 Å². The fourth-order valence-electron chi connectivity index (χ4n) is 2.54. The molecule has 1 aromatic rings. The van der Waals surface area contributed by atoms with E-state index in [1.807, 2.05) is 13.8 Å². The van der Waals surface area contributed by atoms with Crippen LogP contribution in [0.5, 0.6) is 0 Å². The standard InChI is InChI=1S/C19H34N4O3S.HI/c1-6-26-18(15(2)3)11-12-21-19(20-5)22-13-14-23-27(24,25)17-9-7-16(4)8-10-17;/h7-10,15,18,23H,6,11-14H2,1-5H3,(H2,20,21,22);1H. The van der Waals surface area contributed by atoms with Crippen molar-refractivity contribution in [2.75, 3.05) is 33.3 Å². The number of nitrogens with one attached hydrogen (secondary N) is 3. The van der Waals surface area contributed by atoms with Gasteiger partial charge in [-0.3, -0.25) is 4.99 Å². The van der Waals surface area contributed by atoms with E-state index in [9.17, 15) is 8.42 Å². The van der Waals surface area contributed by atoms with Crippen molar-refractivity contribution < 1.29 is 13.2 Å². The van der Waals surface area contributed by atoms with Gasteiger partial charge in [-0.1, -0.05) is 31.5 Å². The number of guanidine groups is 1. The van der Waals surface area contributed by atoms with Crippen LogP contribution in [0.1, 0.15) is 32.8 Å². The SMILES string of the molecule is CCOC(CCNC(=NC)NCCNS(=O)(=O)c1ccc(C)cc1)C(C)C.I. The Bertz CT molecular complexity index is 679. The number of ether oxygens (including phenoxy) is 1. The summed E-state index contributed by atoms with van der Waals surface area (Å²) < 4.78 is 32.8. The third kappa shape index (κ3) is 10.0. The van der Waals surface area contributed by atoms with Gasteiger partial charge in [-0.2, -0.15) is 0 Å². The monoisotopic (exact) mass is 526 g/mol. The highest BCUT2D eigenvalue weighted by Gasteiger charge is 2.14. The first-order valence-corrected chi connectivity index (χ1v) is 10.9. The van der Waals surface area contributed by atoms with Crippen molar-refractivity contribution in [2.24, 2.45) is 10.9 Å². The van der Waals surface area contributed by atoms with E-state index in [2.05, 4.69) is 34.2 Å². The Kier molecular flexibility index (Phi) is 13.7. The summed E-state index contributed by atoms with van der Waals surface area (Å²) in [4.78, 5) is 4.42. The largest absolute Gasteiger partial charge is 0.378 e. The van der Waals surface area contributed by atoms with E-state index >= 15 is 0 Å². The second-order valence-electron chi connectivity index (χ2n) is 6.66. The van der Waals surface area contributed by atoms with Crippen molar-refractivity contribution in [1.82, 2.24) is 15.4 Å². The molecule has 28 heavy (non-hydrogen) atoms. The molecular formula is C19H35IN4O3S. The second kappa shape index (κ2) is 14.1. The predicted octanol–water partition coefficient (Wildman–Crippen LogP) is 2.51. The lowest BCUT2D eigenvalue weighted by Crippen LogP contribution is -2.42. The number of hydrogen-bond donors (Lipinski definition) is 3. The lowest BCUT2D eigenvalue weighted by molar-refractivity contribution is 0.0258. The fraction of sp³-hybridized carbons (Fsp3) is 0.632. The first-order valence-electron chi connectivity index (χ1n) is 9.42. The normalized spacial score (nSPS) is 13.1. The van der Waals surface area contributed by atoms with Gasteiger partial charge < -0.3 is 15.4 Å². The van der Waals surface area contributed by atoms with Gasteiger partial charge in [0.25, 0.3) is 0 Å². The Balaban J connectivity index is 0.00000729. The minimum atomic E-state index is -3.49. The summed E-state index contributed by atoms with van der Waals surface area (Å²) in [6, 6.07) is 6.78. The Morgan fingerprint density at radius 1 is 1.11 bits per heavy atom. The molecule has 0 saturated carbocycles. The molecule has 0 amide bonds. The number of halogens is 1. The first kappa shape index (κ1) is 27.1. The second-order valence-corrected chi connectivity index (χ2v) is 8.43. The van der Waals surface area contributed by atoms with E-state index in [0.29, 0.717) is 25.0 Å². The van der Waals surface area contributed by atoms with Crippen LogP contribution in [-0.2, 0) is 14.8 Å². The van der Waals surface area contributed by atoms with Crippen LogP contribution in [0.2, 0.25) is 0 Å². The van der Waals surface area contributed by atoms with Gasteiger partial charge in [-0.15, -0.1) is 24.0 Å². The molecule has 7 nitrogen and oxygen atoms in total. The summed E-state index contributed by atoms with van der Waals surface area (Å²) in [5.41, 5.74) is 1.02. The fourth-order valence-corrected chi connectivity index (χ4v) is 3.58. The molecule has 0 radical (unpaired) electrons. The van der Waals surface area contributed by atoms with Crippen molar-refractivity contribution >= 4 is 40.0 Å². The third-order valence-corrected chi connectivity index (χ3v) is 5.59. The van der Waals surface area contributed by atoms with Gasteiger partial charge in [0.1, 0.15) is 0 Å². The molecule has 0 bridgehead atoms. The van der Waals surface area contributed by atoms with Crippen LogP contribution < -0.4 is 15.4 Å². The molecule has 0 spiro atoms. The van der Waals surface area contributed by atoms with Crippen molar-refractivity contribution in [3.8, 4) is 0 Å². The average molecular weight is 526 g/mol. The van der Waals surface area contributed by atoms with Crippen LogP contribution in [-0.4, -0.2) is 53.8 Å². The molecule has 0 saturated heterocycles. The Hall–Kier alpha value is -0.910. The molecule has 1 atom stereocenters. The van der Waals surface area contributed by atoms with Gasteiger partial charge in [-0.05, 0) is 38.3 Å². The molecule has 0 fully saturated rings. The molecule has 3 N–H and O–H groups in total. The number of sulfonamides is 1. The predicted molar refractivity (Wildman–Crippen MR) is 126 cm³/mol. The summed E-state index contributed by atoms with van der Waals surface area (Å²) in [5.74, 6) is 1.10. The lowest BCUT2D eigenvalue weighted by atomic mass is 10.0. The number of nitrogens with zero attached hydrogens (tertiary/aromatic N) is 1. The maximum atomic E-state index is 12.2. The molecule has 0 aliphatic carbocycles. The Morgan fingerprint density at radius 2 is 1.71 bits per heavy atom. The highest BCUT2D eigenvalue weighted by molar-refractivity contribution is 14.0. The minimum absolute atomic E-state index is 0. The van der Waals surface area contributed by atoms with Crippen molar-refractivity contribution in [3.05, 3.63) is 29.8 Å². The van der Waals surface area contributed by atoms with Crippen molar-refractivity contribution in [2.45, 2.75) is 45.1 Å². The zero-order valence-corrected chi connectivity index (χ0v) is 20.6. The zero-order chi connectivity index (χ0) is 20.3. The number of rotatable bonds is 11. The number of aliphatic imine (C=N–C) groups is 1. The van der Waals surface area contributed by atoms with Crippen LogP contribution in [0, 0.1) is 12.8 Å². The maximum Gasteiger partial charge on any atom is 0.240 e. The molecule has 0 aliphatic heterocycles. The highest BCUT2D eigenvalue weighted by atomic mass is 127. The topological polar surface area (TPSA) is 91.8 Å². The van der Waals surface area contributed by atoms with E-state index < -0.39 is 10.0 Å². The molecule has 0 aliphatic rings. The third-order valence-electron chi connectivity index (χ3n) is 4.11.